The molecule has 0 aliphatic carbocycles. The first-order valence-electron chi connectivity index (χ1n) is 7.34. The highest BCUT2D eigenvalue weighted by molar-refractivity contribution is 9.10. The van der Waals surface area contributed by atoms with Crippen LogP contribution in [0.1, 0.15) is 36.1 Å². The Morgan fingerprint density at radius 1 is 1.19 bits per heavy atom. The van der Waals surface area contributed by atoms with Gasteiger partial charge in [0.05, 0.1) is 0 Å². The van der Waals surface area contributed by atoms with Crippen LogP contribution < -0.4 is 5.32 Å². The molecule has 0 radical (unpaired) electrons. The van der Waals surface area contributed by atoms with E-state index < -0.39 is 0 Å². The molecule has 1 N–H and O–H groups in total. The van der Waals surface area contributed by atoms with Crippen LogP contribution >= 0.6 is 15.9 Å². The summed E-state index contributed by atoms with van der Waals surface area (Å²) in [5, 5.41) is 3.58. The van der Waals surface area contributed by atoms with Gasteiger partial charge in [-0.05, 0) is 61.2 Å². The molecule has 0 bridgehead atoms. The molecule has 0 spiro atoms. The Morgan fingerprint density at radius 3 is 2.67 bits per heavy atom. The third-order valence-corrected chi connectivity index (χ3v) is 4.51. The lowest BCUT2D eigenvalue weighted by Gasteiger charge is -2.22. The first-order valence-corrected chi connectivity index (χ1v) is 8.14. The highest BCUT2D eigenvalue weighted by atomic mass is 79.9. The molecular weight excluding hydrogens is 329 g/mol. The van der Waals surface area contributed by atoms with E-state index in [2.05, 4.69) is 53.3 Å². The van der Waals surface area contributed by atoms with Gasteiger partial charge in [0.25, 0.3) is 0 Å². The van der Waals surface area contributed by atoms with E-state index in [-0.39, 0.29) is 11.9 Å². The summed E-state index contributed by atoms with van der Waals surface area (Å²) in [5.74, 6) is -0.173. The maximum atomic E-state index is 13.4. The minimum Gasteiger partial charge on any atom is -0.310 e. The summed E-state index contributed by atoms with van der Waals surface area (Å²) >= 11 is 3.59. The van der Waals surface area contributed by atoms with E-state index in [0.717, 1.165) is 29.4 Å². The molecule has 1 unspecified atom stereocenters. The molecule has 0 saturated carbocycles. The Morgan fingerprint density at radius 2 is 1.95 bits per heavy atom. The van der Waals surface area contributed by atoms with Crippen LogP contribution in [0.25, 0.3) is 0 Å². The maximum Gasteiger partial charge on any atom is 0.123 e. The van der Waals surface area contributed by atoms with Gasteiger partial charge < -0.3 is 5.32 Å². The first kappa shape index (κ1) is 16.2. The molecule has 0 aliphatic rings. The summed E-state index contributed by atoms with van der Waals surface area (Å²) in [5.41, 5.74) is 3.52. The molecule has 0 heterocycles. The second kappa shape index (κ2) is 7.71. The summed E-state index contributed by atoms with van der Waals surface area (Å²) in [4.78, 5) is 0. The Balaban J connectivity index is 2.27. The molecule has 0 aliphatic heterocycles. The van der Waals surface area contributed by atoms with E-state index in [9.17, 15) is 4.39 Å². The fourth-order valence-corrected chi connectivity index (χ4v) is 2.89. The molecular formula is C18H21BrFN. The molecule has 2 aromatic rings. The molecule has 0 aromatic heterocycles. The van der Waals surface area contributed by atoms with Crippen LogP contribution in [0.4, 0.5) is 4.39 Å². The van der Waals surface area contributed by atoms with Gasteiger partial charge in [0, 0.05) is 10.5 Å². The molecule has 2 rings (SSSR count). The summed E-state index contributed by atoms with van der Waals surface area (Å²) in [6.45, 7) is 5.22. The smallest absolute Gasteiger partial charge is 0.123 e. The minimum absolute atomic E-state index is 0.173. The van der Waals surface area contributed by atoms with E-state index >= 15 is 0 Å². The topological polar surface area (TPSA) is 12.0 Å². The van der Waals surface area contributed by atoms with Gasteiger partial charge in [0.2, 0.25) is 0 Å². The highest BCUT2D eigenvalue weighted by Gasteiger charge is 2.15. The van der Waals surface area contributed by atoms with Gasteiger partial charge in [-0.3, -0.25) is 0 Å². The zero-order chi connectivity index (χ0) is 15.2. The van der Waals surface area contributed by atoms with Gasteiger partial charge in [-0.15, -0.1) is 0 Å². The second-order valence-corrected chi connectivity index (χ2v) is 6.15. The standard InChI is InChI=1S/C18H21BrFN/c1-3-10-21-18(12-14-6-4-7-15(20)11-14)16-8-5-9-17(19)13(16)2/h4-9,11,18,21H,3,10,12H2,1-2H3. The van der Waals surface area contributed by atoms with Gasteiger partial charge >= 0.3 is 0 Å². The van der Waals surface area contributed by atoms with Crippen LogP contribution in [0.2, 0.25) is 0 Å². The lowest BCUT2D eigenvalue weighted by Crippen LogP contribution is -2.25. The number of nitrogens with one attached hydrogen (secondary N) is 1. The highest BCUT2D eigenvalue weighted by Crippen LogP contribution is 2.27. The number of benzene rings is 2. The SMILES string of the molecule is CCCNC(Cc1cccc(F)c1)c1cccc(Br)c1C. The van der Waals surface area contributed by atoms with Crippen molar-refractivity contribution in [3.63, 3.8) is 0 Å². The molecule has 0 amide bonds. The zero-order valence-electron chi connectivity index (χ0n) is 12.5. The van der Waals surface area contributed by atoms with Crippen LogP contribution in [0.5, 0.6) is 0 Å². The van der Waals surface area contributed by atoms with Crippen LogP contribution in [-0.4, -0.2) is 6.54 Å². The van der Waals surface area contributed by atoms with Gasteiger partial charge in [0.15, 0.2) is 0 Å². The predicted octanol–water partition coefficient (Wildman–Crippen LogP) is 5.18. The average Bonchev–Trinajstić information content (AvgIpc) is 2.47. The van der Waals surface area contributed by atoms with E-state index in [1.165, 1.54) is 17.2 Å². The quantitative estimate of drug-likeness (QED) is 0.757. The normalized spacial score (nSPS) is 12.4. The molecule has 0 saturated heterocycles. The van der Waals surface area contributed by atoms with E-state index in [1.54, 1.807) is 12.1 Å². The van der Waals surface area contributed by atoms with E-state index in [4.69, 9.17) is 0 Å². The van der Waals surface area contributed by atoms with E-state index in [1.807, 2.05) is 6.07 Å². The third kappa shape index (κ3) is 4.39. The average molecular weight is 350 g/mol. The maximum absolute atomic E-state index is 13.4. The van der Waals surface area contributed by atoms with Crippen LogP contribution in [0.15, 0.2) is 46.9 Å². The van der Waals surface area contributed by atoms with Crippen molar-refractivity contribution in [3.05, 3.63) is 69.4 Å². The van der Waals surface area contributed by atoms with Crippen LogP contribution in [-0.2, 0) is 6.42 Å². The Kier molecular flexibility index (Phi) is 5.95. The van der Waals surface area contributed by atoms with Gasteiger partial charge in [-0.25, -0.2) is 4.39 Å². The summed E-state index contributed by atoms with van der Waals surface area (Å²) in [7, 11) is 0. The second-order valence-electron chi connectivity index (χ2n) is 5.29. The Bertz CT molecular complexity index is 598. The fourth-order valence-electron chi connectivity index (χ4n) is 2.51. The largest absolute Gasteiger partial charge is 0.310 e. The van der Waals surface area contributed by atoms with Crippen LogP contribution in [0, 0.1) is 12.7 Å². The molecule has 1 nitrogen and oxygen atoms in total. The summed E-state index contributed by atoms with van der Waals surface area (Å²) in [6, 6.07) is 13.3. The van der Waals surface area contributed by atoms with Gasteiger partial charge in [-0.1, -0.05) is 47.1 Å². The molecule has 1 atom stereocenters. The van der Waals surface area contributed by atoms with Crippen molar-refractivity contribution in [1.29, 1.82) is 0 Å². The lowest BCUT2D eigenvalue weighted by atomic mass is 9.95. The van der Waals surface area contributed by atoms with Crippen LogP contribution in [0.3, 0.4) is 0 Å². The van der Waals surface area contributed by atoms with Crippen molar-refractivity contribution in [2.75, 3.05) is 6.54 Å². The number of hydrogen-bond acceptors (Lipinski definition) is 1. The van der Waals surface area contributed by atoms with Crippen molar-refractivity contribution in [2.24, 2.45) is 0 Å². The van der Waals surface area contributed by atoms with Gasteiger partial charge in [0.1, 0.15) is 5.82 Å². The van der Waals surface area contributed by atoms with Crippen molar-refractivity contribution in [1.82, 2.24) is 5.32 Å². The van der Waals surface area contributed by atoms with Crippen molar-refractivity contribution in [3.8, 4) is 0 Å². The van der Waals surface area contributed by atoms with E-state index in [0.29, 0.717) is 0 Å². The van der Waals surface area contributed by atoms with Crippen molar-refractivity contribution >= 4 is 15.9 Å². The zero-order valence-corrected chi connectivity index (χ0v) is 14.1. The van der Waals surface area contributed by atoms with Crippen molar-refractivity contribution in [2.45, 2.75) is 32.7 Å². The number of rotatable bonds is 6. The Hall–Kier alpha value is -1.19. The molecule has 3 heteroatoms. The number of halogens is 2. The van der Waals surface area contributed by atoms with Gasteiger partial charge in [-0.2, -0.15) is 0 Å². The fraction of sp³-hybridized carbons (Fsp3) is 0.333. The molecule has 2 aromatic carbocycles. The summed E-state index contributed by atoms with van der Waals surface area (Å²) in [6.07, 6.45) is 1.86. The molecule has 112 valence electrons. The number of hydrogen-bond donors (Lipinski definition) is 1. The Labute approximate surface area is 134 Å². The first-order chi connectivity index (χ1) is 10.1. The monoisotopic (exact) mass is 349 g/mol. The van der Waals surface area contributed by atoms with Crippen molar-refractivity contribution < 1.29 is 4.39 Å². The lowest BCUT2D eigenvalue weighted by molar-refractivity contribution is 0.525. The summed E-state index contributed by atoms with van der Waals surface area (Å²) < 4.78 is 14.5. The molecule has 21 heavy (non-hydrogen) atoms. The molecule has 0 fully saturated rings. The third-order valence-electron chi connectivity index (χ3n) is 3.65. The predicted molar refractivity (Wildman–Crippen MR) is 90.0 cm³/mol. The minimum atomic E-state index is -0.173.